The highest BCUT2D eigenvalue weighted by Gasteiger charge is 2.52. The van der Waals surface area contributed by atoms with E-state index in [1.807, 2.05) is 6.07 Å². The molecule has 7 nitrogen and oxygen atoms in total. The predicted octanol–water partition coefficient (Wildman–Crippen LogP) is 3.99. The summed E-state index contributed by atoms with van der Waals surface area (Å²) in [6, 6.07) is 8.89. The molecule has 2 N–H and O–H groups in total. The predicted molar refractivity (Wildman–Crippen MR) is 136 cm³/mol. The summed E-state index contributed by atoms with van der Waals surface area (Å²) in [4.78, 5) is 18.7. The first kappa shape index (κ1) is 26.2. The Morgan fingerprint density at radius 1 is 1.08 bits per heavy atom. The van der Waals surface area contributed by atoms with Gasteiger partial charge in [0.25, 0.3) is 0 Å². The maximum absolute atomic E-state index is 14.1. The van der Waals surface area contributed by atoms with E-state index in [9.17, 15) is 13.6 Å². The number of primary amides is 1. The van der Waals surface area contributed by atoms with E-state index in [4.69, 9.17) is 15.2 Å². The third-order valence-electron chi connectivity index (χ3n) is 7.92. The Balaban J connectivity index is 1.70. The van der Waals surface area contributed by atoms with E-state index in [-0.39, 0.29) is 23.2 Å². The van der Waals surface area contributed by atoms with E-state index < -0.39 is 17.7 Å². The second kappa shape index (κ2) is 10.6. The first-order valence-electron chi connectivity index (χ1n) is 12.3. The van der Waals surface area contributed by atoms with Crippen molar-refractivity contribution in [3.05, 3.63) is 53.6 Å². The number of anilines is 1. The van der Waals surface area contributed by atoms with Gasteiger partial charge in [0.1, 0.15) is 0 Å². The average Bonchev–Trinajstić information content (AvgIpc) is 3.23. The van der Waals surface area contributed by atoms with Crippen molar-refractivity contribution < 1.29 is 23.0 Å². The number of carbonyl (C=O) groups excluding carboxylic acids is 1. The standard InChI is InChI=1S/C27H36F2N4O3/c1-31(2)13-14-32-12-11-27(18-5-8-23(35-3)24(15-18)36-4)10-9-20(17-25(27)32)33(26(30)34)19-6-7-21(28)22(29)16-19/h5-8,15-16,20,25H,9-14,17H2,1-4H3,(H2,30,34)/t20-,25+,27+/m1/s1. The number of hydrogen-bond donors (Lipinski definition) is 1. The molecule has 1 aliphatic carbocycles. The second-order valence-corrected chi connectivity index (χ2v) is 10.1. The number of methoxy groups -OCH3 is 2. The number of fused-ring (bicyclic) bond motifs is 1. The Morgan fingerprint density at radius 3 is 2.47 bits per heavy atom. The first-order chi connectivity index (χ1) is 17.2. The molecule has 0 radical (unpaired) electrons. The Hall–Kier alpha value is -2.91. The lowest BCUT2D eigenvalue weighted by molar-refractivity contribution is 0.135. The quantitative estimate of drug-likeness (QED) is 0.591. The molecule has 1 saturated carbocycles. The van der Waals surface area contributed by atoms with Crippen molar-refractivity contribution in [2.24, 2.45) is 5.73 Å². The van der Waals surface area contributed by atoms with Crippen LogP contribution in [0.3, 0.4) is 0 Å². The zero-order valence-corrected chi connectivity index (χ0v) is 21.5. The summed E-state index contributed by atoms with van der Waals surface area (Å²) < 4.78 is 38.7. The third kappa shape index (κ3) is 4.86. The lowest BCUT2D eigenvalue weighted by atomic mass is 9.64. The van der Waals surface area contributed by atoms with Gasteiger partial charge in [-0.3, -0.25) is 9.80 Å². The Morgan fingerprint density at radius 2 is 1.83 bits per heavy atom. The number of likely N-dealkylation sites (tertiary alicyclic amines) is 1. The average molecular weight is 503 g/mol. The summed E-state index contributed by atoms with van der Waals surface area (Å²) in [6.45, 7) is 2.73. The molecule has 2 aromatic carbocycles. The fourth-order valence-electron chi connectivity index (χ4n) is 6.09. The summed E-state index contributed by atoms with van der Waals surface area (Å²) in [6.07, 6.45) is 3.16. The highest BCUT2D eigenvalue weighted by molar-refractivity contribution is 5.91. The molecule has 1 aliphatic heterocycles. The molecule has 2 aromatic rings. The number of benzene rings is 2. The van der Waals surface area contributed by atoms with E-state index in [0.717, 1.165) is 44.6 Å². The van der Waals surface area contributed by atoms with Gasteiger partial charge in [0.05, 0.1) is 14.2 Å². The van der Waals surface area contributed by atoms with Gasteiger partial charge in [0.15, 0.2) is 23.1 Å². The second-order valence-electron chi connectivity index (χ2n) is 10.1. The van der Waals surface area contributed by atoms with E-state index >= 15 is 0 Å². The highest BCUT2D eigenvalue weighted by Crippen LogP contribution is 2.51. The SMILES string of the molecule is COc1ccc([C@@]23CC[C@@H](N(C(N)=O)c4ccc(F)c(F)c4)C[C@@H]2N(CCN(C)C)CC3)cc1OC. The van der Waals surface area contributed by atoms with Gasteiger partial charge in [0, 0.05) is 42.3 Å². The van der Waals surface area contributed by atoms with Gasteiger partial charge in [-0.25, -0.2) is 13.6 Å². The van der Waals surface area contributed by atoms with Crippen molar-refractivity contribution in [1.29, 1.82) is 0 Å². The van der Waals surface area contributed by atoms with Crippen LogP contribution in [0.1, 0.15) is 31.2 Å². The van der Waals surface area contributed by atoms with Crippen LogP contribution in [0, 0.1) is 11.6 Å². The third-order valence-corrected chi connectivity index (χ3v) is 7.92. The lowest BCUT2D eigenvalue weighted by Crippen LogP contribution is -2.55. The molecular formula is C27H36F2N4O3. The van der Waals surface area contributed by atoms with Crippen LogP contribution in [-0.2, 0) is 5.41 Å². The normalized spacial score (nSPS) is 24.0. The molecule has 3 atom stereocenters. The fourth-order valence-corrected chi connectivity index (χ4v) is 6.09. The number of halogens is 2. The molecule has 1 saturated heterocycles. The summed E-state index contributed by atoms with van der Waals surface area (Å²) in [5.74, 6) is -0.575. The Kier molecular flexibility index (Phi) is 7.70. The lowest BCUT2D eigenvalue weighted by Gasteiger charge is -2.48. The van der Waals surface area contributed by atoms with Crippen LogP contribution in [-0.4, -0.2) is 75.9 Å². The van der Waals surface area contributed by atoms with E-state index in [1.54, 1.807) is 14.2 Å². The van der Waals surface area contributed by atoms with Crippen LogP contribution in [0.15, 0.2) is 36.4 Å². The Bertz CT molecular complexity index is 1100. The number of ether oxygens (including phenoxy) is 2. The van der Waals surface area contributed by atoms with E-state index in [0.29, 0.717) is 24.3 Å². The van der Waals surface area contributed by atoms with Crippen molar-refractivity contribution in [2.45, 2.75) is 43.2 Å². The van der Waals surface area contributed by atoms with E-state index in [1.165, 1.54) is 16.5 Å². The molecule has 36 heavy (non-hydrogen) atoms. The van der Waals surface area contributed by atoms with Gasteiger partial charge in [-0.2, -0.15) is 0 Å². The number of amides is 2. The molecule has 0 unspecified atom stereocenters. The van der Waals surface area contributed by atoms with Gasteiger partial charge in [-0.15, -0.1) is 0 Å². The zero-order chi connectivity index (χ0) is 26.0. The molecular weight excluding hydrogens is 466 g/mol. The molecule has 196 valence electrons. The summed E-state index contributed by atoms with van der Waals surface area (Å²) in [5, 5.41) is 0. The summed E-state index contributed by atoms with van der Waals surface area (Å²) in [5.41, 5.74) is 7.14. The van der Waals surface area contributed by atoms with Crippen LogP contribution in [0.25, 0.3) is 0 Å². The molecule has 2 aliphatic rings. The maximum Gasteiger partial charge on any atom is 0.319 e. The zero-order valence-electron chi connectivity index (χ0n) is 21.5. The number of hydrogen-bond acceptors (Lipinski definition) is 5. The number of nitrogens with two attached hydrogens (primary N) is 1. The Labute approximate surface area is 211 Å². The highest BCUT2D eigenvalue weighted by atomic mass is 19.2. The van der Waals surface area contributed by atoms with Gasteiger partial charge in [0.2, 0.25) is 0 Å². The van der Waals surface area contributed by atoms with Gasteiger partial charge < -0.3 is 20.1 Å². The molecule has 2 amide bonds. The minimum Gasteiger partial charge on any atom is -0.493 e. The van der Waals surface area contributed by atoms with Crippen LogP contribution in [0.5, 0.6) is 11.5 Å². The van der Waals surface area contributed by atoms with Gasteiger partial charge >= 0.3 is 6.03 Å². The van der Waals surface area contributed by atoms with Gasteiger partial charge in [-0.1, -0.05) is 6.07 Å². The number of likely N-dealkylation sites (N-methyl/N-ethyl adjacent to an activating group) is 1. The van der Waals surface area contributed by atoms with Crippen molar-refractivity contribution in [1.82, 2.24) is 9.80 Å². The smallest absolute Gasteiger partial charge is 0.319 e. The monoisotopic (exact) mass is 502 g/mol. The number of carbonyl (C=O) groups is 1. The van der Waals surface area contributed by atoms with Crippen LogP contribution >= 0.6 is 0 Å². The summed E-state index contributed by atoms with van der Waals surface area (Å²) in [7, 11) is 7.37. The van der Waals surface area contributed by atoms with Crippen LogP contribution < -0.4 is 20.1 Å². The number of urea groups is 1. The van der Waals surface area contributed by atoms with Crippen LogP contribution in [0.4, 0.5) is 19.3 Å². The topological polar surface area (TPSA) is 71.3 Å². The fraction of sp³-hybridized carbons (Fsp3) is 0.519. The minimum absolute atomic E-state index is 0.125. The molecule has 1 heterocycles. The largest absolute Gasteiger partial charge is 0.493 e. The molecule has 0 aromatic heterocycles. The van der Waals surface area contributed by atoms with Gasteiger partial charge in [-0.05, 0) is 76.2 Å². The number of nitrogens with zero attached hydrogens (tertiary/aromatic N) is 3. The van der Waals surface area contributed by atoms with Crippen molar-refractivity contribution >= 4 is 11.7 Å². The van der Waals surface area contributed by atoms with Crippen molar-refractivity contribution in [2.75, 3.05) is 52.8 Å². The molecule has 0 bridgehead atoms. The van der Waals surface area contributed by atoms with Crippen molar-refractivity contribution in [3.63, 3.8) is 0 Å². The van der Waals surface area contributed by atoms with E-state index in [2.05, 4.69) is 36.0 Å². The molecule has 0 spiro atoms. The first-order valence-corrected chi connectivity index (χ1v) is 12.3. The van der Waals surface area contributed by atoms with Crippen LogP contribution in [0.2, 0.25) is 0 Å². The molecule has 9 heteroatoms. The maximum atomic E-state index is 14.1. The molecule has 4 rings (SSSR count). The molecule has 2 fully saturated rings. The van der Waals surface area contributed by atoms with Crippen molar-refractivity contribution in [3.8, 4) is 11.5 Å². The minimum atomic E-state index is -0.997. The summed E-state index contributed by atoms with van der Waals surface area (Å²) >= 11 is 0. The number of rotatable bonds is 8.